The van der Waals surface area contributed by atoms with Crippen LogP contribution in [0.4, 0.5) is 0 Å². The van der Waals surface area contributed by atoms with Crippen molar-refractivity contribution in [3.63, 3.8) is 0 Å². The maximum atomic E-state index is 6.84. The van der Waals surface area contributed by atoms with Gasteiger partial charge in [-0.05, 0) is 55.4 Å². The quantitative estimate of drug-likeness (QED) is 0.229. The Kier molecular flexibility index (Phi) is 6.95. The Labute approximate surface area is 283 Å². The van der Waals surface area contributed by atoms with Gasteiger partial charge < -0.3 is 4.42 Å². The highest BCUT2D eigenvalue weighted by Crippen LogP contribution is 2.42. The van der Waals surface area contributed by atoms with Gasteiger partial charge >= 0.3 is 0 Å². The first kappa shape index (κ1) is 29.8. The lowest BCUT2D eigenvalue weighted by molar-refractivity contribution is 0.670. The van der Waals surface area contributed by atoms with Crippen molar-refractivity contribution < 1.29 is 4.42 Å². The number of hydrogen-bond acceptors (Lipinski definition) is 1. The molecule has 7 aromatic carbocycles. The molecule has 0 bridgehead atoms. The Morgan fingerprint density at radius 1 is 0.340 bits per heavy atom. The van der Waals surface area contributed by atoms with Crippen molar-refractivity contribution in [1.82, 2.24) is 0 Å². The van der Waals surface area contributed by atoms with Crippen LogP contribution in [0, 0.1) is 0 Å². The first-order chi connectivity index (χ1) is 22.7. The normalized spacial score (nSPS) is 11.7. The van der Waals surface area contributed by atoms with Gasteiger partial charge in [0.25, 0.3) is 0 Å². The molecule has 0 atom stereocenters. The van der Waals surface area contributed by atoms with Crippen LogP contribution in [0.5, 0.6) is 0 Å². The summed E-state index contributed by atoms with van der Waals surface area (Å²) in [7, 11) is 53.2. The zero-order valence-corrected chi connectivity index (χ0v) is 25.3. The minimum Gasteiger partial charge on any atom is -0.455 e. The molecule has 0 aliphatic carbocycles. The van der Waals surface area contributed by atoms with Crippen molar-refractivity contribution in [3.05, 3.63) is 97.1 Å². The van der Waals surface area contributed by atoms with E-state index in [-0.39, 0.29) is 43.7 Å². The van der Waals surface area contributed by atoms with Gasteiger partial charge in [-0.3, -0.25) is 0 Å². The molecule has 0 amide bonds. The van der Waals surface area contributed by atoms with Gasteiger partial charge in [0, 0.05) is 16.3 Å². The Balaban J connectivity index is 1.50. The van der Waals surface area contributed by atoms with E-state index in [2.05, 4.69) is 12.1 Å². The fourth-order valence-electron chi connectivity index (χ4n) is 6.92. The van der Waals surface area contributed by atoms with Gasteiger partial charge in [0.05, 0.1) is 0 Å². The third-order valence-corrected chi connectivity index (χ3v) is 9.27. The third-order valence-electron chi connectivity index (χ3n) is 9.27. The highest BCUT2D eigenvalue weighted by Gasteiger charge is 2.24. The number of hydrogen-bond donors (Lipinski definition) is 0. The molecular weight excluding hydrogens is 559 g/mol. The number of furan rings is 1. The van der Waals surface area contributed by atoms with E-state index < -0.39 is 0 Å². The van der Waals surface area contributed by atoms with E-state index in [1.165, 1.54) is 0 Å². The van der Waals surface area contributed by atoms with E-state index in [9.17, 15) is 0 Å². The Bertz CT molecular complexity index is 2510. The van der Waals surface area contributed by atoms with E-state index >= 15 is 0 Å². The zero-order valence-electron chi connectivity index (χ0n) is 25.3. The second-order valence-electron chi connectivity index (χ2n) is 11.8. The van der Waals surface area contributed by atoms with Gasteiger partial charge in [-0.2, -0.15) is 0 Å². The fraction of sp³-hybridized carbons (Fsp3) is 0. The van der Waals surface area contributed by atoms with Crippen LogP contribution < -0.4 is 43.7 Å². The van der Waals surface area contributed by atoms with E-state index in [0.717, 1.165) is 44.2 Å². The predicted octanol–water partition coefficient (Wildman–Crippen LogP) is 1.24. The van der Waals surface area contributed by atoms with Gasteiger partial charge in [-0.15, -0.1) is 21.9 Å². The van der Waals surface area contributed by atoms with Crippen LogP contribution in [-0.4, -0.2) is 62.8 Å². The zero-order chi connectivity index (χ0) is 32.7. The Morgan fingerprint density at radius 2 is 0.766 bits per heavy atom. The molecule has 0 unspecified atom stereocenters. The van der Waals surface area contributed by atoms with Crippen molar-refractivity contribution >= 4 is 150 Å². The lowest BCUT2D eigenvalue weighted by Gasteiger charge is -2.28. The monoisotopic (exact) mass is 576 g/mol. The maximum Gasteiger partial charge on any atom is 0.143 e. The van der Waals surface area contributed by atoms with Crippen LogP contribution in [0.3, 0.4) is 0 Å². The molecule has 198 valence electrons. The minimum atomic E-state index is 0.178. The first-order valence-corrected chi connectivity index (χ1v) is 15.0. The second kappa shape index (κ2) is 11.0. The fourth-order valence-corrected chi connectivity index (χ4v) is 6.92. The molecule has 1 heterocycles. The lowest BCUT2D eigenvalue weighted by Crippen LogP contribution is -2.50. The van der Waals surface area contributed by atoms with Crippen LogP contribution in [0.15, 0.2) is 101 Å². The van der Waals surface area contributed by atoms with Crippen LogP contribution in [0.2, 0.25) is 0 Å². The second-order valence-corrected chi connectivity index (χ2v) is 11.8. The maximum absolute atomic E-state index is 6.84. The summed E-state index contributed by atoms with van der Waals surface area (Å²) in [6.07, 6.45) is 0. The Hall–Kier alpha value is -4.62. The van der Waals surface area contributed by atoms with Gasteiger partial charge in [-0.1, -0.05) is 113 Å². The van der Waals surface area contributed by atoms with Crippen molar-refractivity contribution in [2.75, 3.05) is 0 Å². The summed E-state index contributed by atoms with van der Waals surface area (Å²) in [5.74, 6) is 0. The highest BCUT2D eigenvalue weighted by atomic mass is 16.3. The van der Waals surface area contributed by atoms with Crippen LogP contribution in [0.1, 0.15) is 0 Å². The SMILES string of the molecule is [B]c1c([B])c([B])c2c(-c3ccc(-c4cccc5c4oc4ccccc45)cc3)c3c([B])c([B])c([B])c([B])c3c(-c3ccccc3)c2c1[B]. The van der Waals surface area contributed by atoms with Crippen molar-refractivity contribution in [1.29, 1.82) is 0 Å². The average Bonchev–Trinajstić information content (AvgIpc) is 3.49. The van der Waals surface area contributed by atoms with Crippen molar-refractivity contribution in [3.8, 4) is 33.4 Å². The molecular formula is C38H16B8O. The molecule has 0 aliphatic rings. The number of rotatable bonds is 3. The molecule has 9 heteroatoms. The summed E-state index contributed by atoms with van der Waals surface area (Å²) in [5, 5.41) is 4.46. The van der Waals surface area contributed by atoms with E-state index in [0.29, 0.717) is 32.7 Å². The van der Waals surface area contributed by atoms with E-state index in [4.69, 9.17) is 67.2 Å². The molecule has 8 rings (SSSR count). The van der Waals surface area contributed by atoms with E-state index in [1.807, 2.05) is 84.9 Å². The molecule has 0 saturated heterocycles. The van der Waals surface area contributed by atoms with Crippen LogP contribution in [-0.2, 0) is 0 Å². The molecule has 0 N–H and O–H groups in total. The summed E-state index contributed by atoms with van der Waals surface area (Å²) in [4.78, 5) is 0. The minimum absolute atomic E-state index is 0.178. The van der Waals surface area contributed by atoms with Crippen molar-refractivity contribution in [2.24, 2.45) is 0 Å². The van der Waals surface area contributed by atoms with E-state index in [1.54, 1.807) is 0 Å². The lowest BCUT2D eigenvalue weighted by atomic mass is 9.59. The molecule has 8 aromatic rings. The third kappa shape index (κ3) is 4.28. The topological polar surface area (TPSA) is 13.1 Å². The summed E-state index contributed by atoms with van der Waals surface area (Å²) in [6, 6.07) is 31.9. The van der Waals surface area contributed by atoms with Gasteiger partial charge in [0.15, 0.2) is 0 Å². The largest absolute Gasteiger partial charge is 0.455 e. The molecule has 1 aromatic heterocycles. The number of fused-ring (bicyclic) bond motifs is 5. The first-order valence-electron chi connectivity index (χ1n) is 15.0. The van der Waals surface area contributed by atoms with Crippen LogP contribution >= 0.6 is 0 Å². The standard InChI is InChI=1S/C38H16B8O/c39-30-26-24(18-7-2-1-3-8-18)27-29(33(42)37(46)35(44)31(27)40)25(28(26)32(41)36(45)34(30)43)19-15-13-17(14-16-19)20-10-6-11-22-21-9-4-5-12-23(21)47-38(20)22/h1-16H. The molecule has 0 saturated carbocycles. The van der Waals surface area contributed by atoms with Gasteiger partial charge in [-0.25, -0.2) is 0 Å². The van der Waals surface area contributed by atoms with Crippen molar-refractivity contribution in [2.45, 2.75) is 0 Å². The summed E-state index contributed by atoms with van der Waals surface area (Å²) < 4.78 is 6.32. The van der Waals surface area contributed by atoms with Gasteiger partial charge in [0.2, 0.25) is 0 Å². The van der Waals surface area contributed by atoms with Gasteiger partial charge in [0.1, 0.15) is 73.9 Å². The summed E-state index contributed by atoms with van der Waals surface area (Å²) in [6.45, 7) is 0. The van der Waals surface area contributed by atoms with Crippen LogP contribution in [0.25, 0.3) is 76.9 Å². The molecule has 0 spiro atoms. The highest BCUT2D eigenvalue weighted by molar-refractivity contribution is 6.71. The summed E-state index contributed by atoms with van der Waals surface area (Å²) >= 11 is 0. The molecule has 1 nitrogen and oxygen atoms in total. The Morgan fingerprint density at radius 3 is 1.30 bits per heavy atom. The molecule has 0 aliphatic heterocycles. The molecule has 0 fully saturated rings. The summed E-state index contributed by atoms with van der Waals surface area (Å²) in [5.41, 5.74) is 8.30. The molecule has 16 radical (unpaired) electrons. The predicted molar refractivity (Wildman–Crippen MR) is 208 cm³/mol. The molecule has 47 heavy (non-hydrogen) atoms. The number of para-hydroxylation sites is 2. The number of benzene rings is 7. The smallest absolute Gasteiger partial charge is 0.143 e. The average molecular weight is 575 g/mol.